The van der Waals surface area contributed by atoms with E-state index in [1.165, 1.54) is 0 Å². The standard InChI is InChI=1S/C10H16N4O2/c11-3-4-14-6-9(12-13-14)10(15)8-2-1-5-16-7-8/h6,8H,1-5,7,11H2. The van der Waals surface area contributed by atoms with Gasteiger partial charge in [-0.2, -0.15) is 0 Å². The van der Waals surface area contributed by atoms with Gasteiger partial charge in [-0.3, -0.25) is 9.48 Å². The van der Waals surface area contributed by atoms with Gasteiger partial charge in [-0.05, 0) is 12.8 Å². The van der Waals surface area contributed by atoms with Crippen LogP contribution in [-0.4, -0.2) is 40.5 Å². The zero-order valence-electron chi connectivity index (χ0n) is 9.13. The van der Waals surface area contributed by atoms with E-state index in [0.29, 0.717) is 25.4 Å². The van der Waals surface area contributed by atoms with E-state index in [1.54, 1.807) is 10.9 Å². The Labute approximate surface area is 93.8 Å². The smallest absolute Gasteiger partial charge is 0.190 e. The summed E-state index contributed by atoms with van der Waals surface area (Å²) in [7, 11) is 0. The second kappa shape index (κ2) is 5.18. The molecule has 1 aliphatic rings. The highest BCUT2D eigenvalue weighted by atomic mass is 16.5. The van der Waals surface area contributed by atoms with Crippen LogP contribution in [0.1, 0.15) is 23.3 Å². The summed E-state index contributed by atoms with van der Waals surface area (Å²) < 4.78 is 6.88. The number of carbonyl (C=O) groups is 1. The average Bonchev–Trinajstić information content (AvgIpc) is 2.78. The number of hydrogen-bond acceptors (Lipinski definition) is 5. The van der Waals surface area contributed by atoms with Crippen LogP contribution in [0.3, 0.4) is 0 Å². The van der Waals surface area contributed by atoms with Crippen LogP contribution in [0.5, 0.6) is 0 Å². The molecule has 0 amide bonds. The zero-order valence-corrected chi connectivity index (χ0v) is 9.13. The maximum Gasteiger partial charge on any atom is 0.190 e. The van der Waals surface area contributed by atoms with Crippen molar-refractivity contribution in [2.75, 3.05) is 19.8 Å². The Morgan fingerprint density at radius 1 is 1.69 bits per heavy atom. The summed E-state index contributed by atoms with van der Waals surface area (Å²) in [5.41, 5.74) is 5.82. The van der Waals surface area contributed by atoms with E-state index in [4.69, 9.17) is 10.5 Å². The molecule has 0 aliphatic carbocycles. The van der Waals surface area contributed by atoms with Crippen molar-refractivity contribution >= 4 is 5.78 Å². The minimum absolute atomic E-state index is 0.0305. The highest BCUT2D eigenvalue weighted by molar-refractivity contribution is 5.95. The van der Waals surface area contributed by atoms with Gasteiger partial charge in [0.1, 0.15) is 5.69 Å². The summed E-state index contributed by atoms with van der Waals surface area (Å²) in [5.74, 6) is -0.0280. The quantitative estimate of drug-likeness (QED) is 0.719. The number of ketones is 1. The van der Waals surface area contributed by atoms with Gasteiger partial charge in [-0.15, -0.1) is 5.10 Å². The summed E-state index contributed by atoms with van der Waals surface area (Å²) in [6.07, 6.45) is 3.47. The van der Waals surface area contributed by atoms with Gasteiger partial charge in [0.2, 0.25) is 0 Å². The van der Waals surface area contributed by atoms with Gasteiger partial charge < -0.3 is 10.5 Å². The van der Waals surface area contributed by atoms with Crippen molar-refractivity contribution in [1.29, 1.82) is 0 Å². The molecule has 1 aliphatic heterocycles. The maximum absolute atomic E-state index is 12.0. The molecule has 6 nitrogen and oxygen atoms in total. The molecule has 1 unspecified atom stereocenters. The molecule has 1 fully saturated rings. The van der Waals surface area contributed by atoms with Gasteiger partial charge in [0, 0.05) is 19.1 Å². The van der Waals surface area contributed by atoms with Gasteiger partial charge in [-0.25, -0.2) is 0 Å². The lowest BCUT2D eigenvalue weighted by Crippen LogP contribution is -2.25. The summed E-state index contributed by atoms with van der Waals surface area (Å²) in [6.45, 7) is 2.33. The predicted octanol–water partition coefficient (Wildman–Crippen LogP) is -0.154. The second-order valence-corrected chi connectivity index (χ2v) is 3.93. The SMILES string of the molecule is NCCn1cc(C(=O)C2CCCOC2)nn1. The fourth-order valence-electron chi connectivity index (χ4n) is 1.81. The number of nitrogens with two attached hydrogens (primary N) is 1. The van der Waals surface area contributed by atoms with Gasteiger partial charge in [0.15, 0.2) is 5.78 Å². The van der Waals surface area contributed by atoms with Crippen LogP contribution in [0.25, 0.3) is 0 Å². The normalized spacial score (nSPS) is 20.9. The van der Waals surface area contributed by atoms with Crippen molar-refractivity contribution in [2.45, 2.75) is 19.4 Å². The molecule has 0 bridgehead atoms. The summed E-state index contributed by atoms with van der Waals surface area (Å²) >= 11 is 0. The summed E-state index contributed by atoms with van der Waals surface area (Å²) in [4.78, 5) is 12.0. The minimum atomic E-state index is -0.0585. The topological polar surface area (TPSA) is 83.0 Å². The van der Waals surface area contributed by atoms with Crippen molar-refractivity contribution in [1.82, 2.24) is 15.0 Å². The van der Waals surface area contributed by atoms with Crippen LogP contribution in [0.15, 0.2) is 6.20 Å². The number of nitrogens with zero attached hydrogens (tertiary/aromatic N) is 3. The van der Waals surface area contributed by atoms with Crippen molar-refractivity contribution in [3.63, 3.8) is 0 Å². The fraction of sp³-hybridized carbons (Fsp3) is 0.700. The monoisotopic (exact) mass is 224 g/mol. The predicted molar refractivity (Wildman–Crippen MR) is 56.9 cm³/mol. The van der Waals surface area contributed by atoms with Crippen LogP contribution in [-0.2, 0) is 11.3 Å². The summed E-state index contributed by atoms with van der Waals surface area (Å²) in [5, 5.41) is 7.71. The molecule has 0 saturated carbocycles. The first kappa shape index (κ1) is 11.2. The Morgan fingerprint density at radius 3 is 3.25 bits per heavy atom. The molecule has 1 aromatic heterocycles. The third kappa shape index (κ3) is 2.45. The third-order valence-electron chi connectivity index (χ3n) is 2.68. The number of aromatic nitrogens is 3. The van der Waals surface area contributed by atoms with Crippen molar-refractivity contribution in [2.24, 2.45) is 11.7 Å². The van der Waals surface area contributed by atoms with E-state index in [1.807, 2.05) is 0 Å². The van der Waals surface area contributed by atoms with Crippen LogP contribution in [0.2, 0.25) is 0 Å². The Bertz CT molecular complexity index is 357. The second-order valence-electron chi connectivity index (χ2n) is 3.93. The number of Topliss-reactive ketones (excluding diaryl/α,β-unsaturated/α-hetero) is 1. The van der Waals surface area contributed by atoms with E-state index in [0.717, 1.165) is 19.4 Å². The first-order chi connectivity index (χ1) is 7.81. The lowest BCUT2D eigenvalue weighted by molar-refractivity contribution is 0.0458. The molecule has 2 rings (SSSR count). The van der Waals surface area contributed by atoms with Crippen LogP contribution in [0, 0.1) is 5.92 Å². The van der Waals surface area contributed by atoms with Crippen molar-refractivity contribution in [3.05, 3.63) is 11.9 Å². The van der Waals surface area contributed by atoms with Crippen molar-refractivity contribution in [3.8, 4) is 0 Å². The number of carbonyl (C=O) groups excluding carboxylic acids is 1. The molecule has 1 aromatic rings. The van der Waals surface area contributed by atoms with E-state index < -0.39 is 0 Å². The van der Waals surface area contributed by atoms with E-state index >= 15 is 0 Å². The van der Waals surface area contributed by atoms with E-state index in [9.17, 15) is 4.79 Å². The van der Waals surface area contributed by atoms with E-state index in [-0.39, 0.29) is 11.7 Å². The third-order valence-corrected chi connectivity index (χ3v) is 2.68. The minimum Gasteiger partial charge on any atom is -0.381 e. The number of hydrogen-bond donors (Lipinski definition) is 1. The van der Waals surface area contributed by atoms with Gasteiger partial charge >= 0.3 is 0 Å². The average molecular weight is 224 g/mol. The van der Waals surface area contributed by atoms with Gasteiger partial charge in [0.05, 0.1) is 19.3 Å². The number of ether oxygens (including phenoxy) is 1. The lowest BCUT2D eigenvalue weighted by Gasteiger charge is -2.19. The Balaban J connectivity index is 2.01. The Morgan fingerprint density at radius 2 is 2.56 bits per heavy atom. The molecular weight excluding hydrogens is 208 g/mol. The Hall–Kier alpha value is -1.27. The first-order valence-electron chi connectivity index (χ1n) is 5.53. The highest BCUT2D eigenvalue weighted by Gasteiger charge is 2.25. The van der Waals surface area contributed by atoms with Crippen LogP contribution >= 0.6 is 0 Å². The molecule has 1 saturated heterocycles. The number of rotatable bonds is 4. The molecule has 2 N–H and O–H groups in total. The summed E-state index contributed by atoms with van der Waals surface area (Å²) in [6, 6.07) is 0. The van der Waals surface area contributed by atoms with Gasteiger partial charge in [0.25, 0.3) is 0 Å². The Kier molecular flexibility index (Phi) is 3.63. The molecule has 0 aromatic carbocycles. The molecule has 2 heterocycles. The first-order valence-corrected chi connectivity index (χ1v) is 5.53. The molecule has 0 radical (unpaired) electrons. The molecule has 1 atom stereocenters. The molecule has 0 spiro atoms. The molecule has 6 heteroatoms. The van der Waals surface area contributed by atoms with Gasteiger partial charge in [-0.1, -0.05) is 5.21 Å². The van der Waals surface area contributed by atoms with E-state index in [2.05, 4.69) is 10.3 Å². The van der Waals surface area contributed by atoms with Crippen LogP contribution < -0.4 is 5.73 Å². The fourth-order valence-corrected chi connectivity index (χ4v) is 1.81. The zero-order chi connectivity index (χ0) is 11.4. The largest absolute Gasteiger partial charge is 0.381 e. The molecular formula is C10H16N4O2. The molecule has 16 heavy (non-hydrogen) atoms. The highest BCUT2D eigenvalue weighted by Crippen LogP contribution is 2.17. The van der Waals surface area contributed by atoms with Crippen molar-refractivity contribution < 1.29 is 9.53 Å². The molecule has 88 valence electrons. The lowest BCUT2D eigenvalue weighted by atomic mass is 9.96. The maximum atomic E-state index is 12.0. The van der Waals surface area contributed by atoms with Crippen LogP contribution in [0.4, 0.5) is 0 Å².